The second-order valence-electron chi connectivity index (χ2n) is 7.04. The van der Waals surface area contributed by atoms with E-state index in [4.69, 9.17) is 9.47 Å². The summed E-state index contributed by atoms with van der Waals surface area (Å²) in [4.78, 5) is 4.12. The maximum Gasteiger partial charge on any atom is 0.213 e. The van der Waals surface area contributed by atoms with Crippen molar-refractivity contribution < 1.29 is 17.9 Å². The van der Waals surface area contributed by atoms with Crippen LogP contribution in [0.2, 0.25) is 0 Å². The van der Waals surface area contributed by atoms with Crippen molar-refractivity contribution in [2.24, 2.45) is 10.9 Å². The fourth-order valence-corrected chi connectivity index (χ4v) is 3.83. The van der Waals surface area contributed by atoms with E-state index in [9.17, 15) is 8.42 Å². The Morgan fingerprint density at radius 3 is 2.57 bits per heavy atom. The van der Waals surface area contributed by atoms with Gasteiger partial charge in [-0.05, 0) is 30.7 Å². The van der Waals surface area contributed by atoms with Crippen molar-refractivity contribution in [3.8, 4) is 0 Å². The highest BCUT2D eigenvalue weighted by atomic mass is 127. The van der Waals surface area contributed by atoms with E-state index in [1.807, 2.05) is 30.3 Å². The van der Waals surface area contributed by atoms with E-state index in [1.54, 1.807) is 7.05 Å². The third kappa shape index (κ3) is 12.0. The van der Waals surface area contributed by atoms with Crippen molar-refractivity contribution >= 4 is 40.0 Å². The summed E-state index contributed by atoms with van der Waals surface area (Å²) >= 11 is 0. The maximum absolute atomic E-state index is 12.1. The highest BCUT2D eigenvalue weighted by Gasteiger charge is 2.13. The molecule has 0 amide bonds. The molecule has 0 spiro atoms. The highest BCUT2D eigenvalue weighted by molar-refractivity contribution is 14.0. The molecule has 8 nitrogen and oxygen atoms in total. The predicted octanol–water partition coefficient (Wildman–Crippen LogP) is 1.72. The zero-order valence-electron chi connectivity index (χ0n) is 17.6. The van der Waals surface area contributed by atoms with Crippen LogP contribution in [0.5, 0.6) is 0 Å². The molecule has 3 N–H and O–H groups in total. The van der Waals surface area contributed by atoms with Gasteiger partial charge in [0.1, 0.15) is 0 Å². The molecular formula is C20H35IN4O4S. The Morgan fingerprint density at radius 1 is 1.17 bits per heavy atom. The number of hydrogen-bond donors (Lipinski definition) is 3. The molecule has 10 heteroatoms. The van der Waals surface area contributed by atoms with Gasteiger partial charge >= 0.3 is 0 Å². The number of hydrogen-bond acceptors (Lipinski definition) is 5. The molecule has 2 rings (SSSR count). The molecule has 0 atom stereocenters. The Labute approximate surface area is 197 Å². The summed E-state index contributed by atoms with van der Waals surface area (Å²) in [5, 5.41) is 6.21. The first kappa shape index (κ1) is 27.1. The summed E-state index contributed by atoms with van der Waals surface area (Å²) in [5.41, 5.74) is 0.931. The smallest absolute Gasteiger partial charge is 0.213 e. The van der Waals surface area contributed by atoms with Gasteiger partial charge in [0.05, 0.1) is 5.75 Å². The topological polar surface area (TPSA) is 101 Å². The van der Waals surface area contributed by atoms with Gasteiger partial charge in [0.15, 0.2) is 5.96 Å². The minimum atomic E-state index is -3.35. The predicted molar refractivity (Wildman–Crippen MR) is 131 cm³/mol. The lowest BCUT2D eigenvalue weighted by Crippen LogP contribution is -2.41. The number of halogens is 1. The van der Waals surface area contributed by atoms with Crippen LogP contribution in [-0.2, 0) is 26.0 Å². The molecule has 1 saturated heterocycles. The fraction of sp³-hybridized carbons (Fsp3) is 0.650. The maximum atomic E-state index is 12.1. The second kappa shape index (κ2) is 15.8. The van der Waals surface area contributed by atoms with Gasteiger partial charge in [-0.1, -0.05) is 30.3 Å². The highest BCUT2D eigenvalue weighted by Crippen LogP contribution is 2.14. The molecule has 1 aliphatic heterocycles. The summed E-state index contributed by atoms with van der Waals surface area (Å²) in [6.07, 6.45) is 3.02. The first-order chi connectivity index (χ1) is 14.1. The first-order valence-electron chi connectivity index (χ1n) is 10.2. The lowest BCUT2D eigenvalue weighted by molar-refractivity contribution is 0.0203. The molecule has 30 heavy (non-hydrogen) atoms. The van der Waals surface area contributed by atoms with Crippen molar-refractivity contribution in [2.75, 3.05) is 52.3 Å². The van der Waals surface area contributed by atoms with E-state index >= 15 is 0 Å². The molecule has 1 aromatic carbocycles. The van der Waals surface area contributed by atoms with Gasteiger partial charge in [0, 0.05) is 53.1 Å². The van der Waals surface area contributed by atoms with Crippen molar-refractivity contribution in [3.05, 3.63) is 35.9 Å². The number of sulfonamides is 1. The molecule has 0 aliphatic carbocycles. The lowest BCUT2D eigenvalue weighted by Gasteiger charge is -2.21. The molecule has 1 heterocycles. The molecule has 0 aromatic heterocycles. The lowest BCUT2D eigenvalue weighted by atomic mass is 10.0. The molecule has 0 radical (unpaired) electrons. The van der Waals surface area contributed by atoms with Gasteiger partial charge in [0.25, 0.3) is 0 Å². The van der Waals surface area contributed by atoms with Crippen LogP contribution in [0.4, 0.5) is 0 Å². The fourth-order valence-electron chi connectivity index (χ4n) is 2.93. The first-order valence-corrected chi connectivity index (χ1v) is 11.9. The number of ether oxygens (including phenoxy) is 2. The number of rotatable bonds is 12. The Kier molecular flexibility index (Phi) is 14.3. The van der Waals surface area contributed by atoms with E-state index in [0.29, 0.717) is 31.6 Å². The quantitative estimate of drug-likeness (QED) is 0.158. The summed E-state index contributed by atoms with van der Waals surface area (Å²) in [5.74, 6) is 1.19. The van der Waals surface area contributed by atoms with Crippen molar-refractivity contribution in [3.63, 3.8) is 0 Å². The van der Waals surface area contributed by atoms with Crippen LogP contribution in [0, 0.1) is 5.92 Å². The molecule has 0 unspecified atom stereocenters. The van der Waals surface area contributed by atoms with Gasteiger partial charge in [-0.15, -0.1) is 24.0 Å². The number of aliphatic imine (C=N–C) groups is 1. The number of nitrogens with one attached hydrogen (secondary N) is 3. The number of guanidine groups is 1. The summed E-state index contributed by atoms with van der Waals surface area (Å²) in [6.45, 7) is 4.47. The largest absolute Gasteiger partial charge is 0.381 e. The summed E-state index contributed by atoms with van der Waals surface area (Å²) < 4.78 is 37.9. The molecule has 1 aliphatic rings. The Bertz CT molecular complexity index is 698. The van der Waals surface area contributed by atoms with Crippen molar-refractivity contribution in [1.29, 1.82) is 0 Å². The van der Waals surface area contributed by atoms with Gasteiger partial charge in [-0.3, -0.25) is 4.99 Å². The Balaban J connectivity index is 0.00000450. The van der Waals surface area contributed by atoms with Gasteiger partial charge < -0.3 is 20.1 Å². The third-order valence-electron chi connectivity index (χ3n) is 4.68. The average Bonchev–Trinajstić information content (AvgIpc) is 2.75. The zero-order chi connectivity index (χ0) is 20.8. The standard InChI is InChI=1S/C20H34N4O4S.HI/c1-21-20(22-10-5-12-28-17-19-8-13-27-14-9-19)23-11-15-29(25,26)24-16-18-6-3-2-4-7-18;/h2-4,6-7,19,24H,5,8-17H2,1H3,(H2,21,22,23);1H. The van der Waals surface area contributed by atoms with Crippen LogP contribution >= 0.6 is 24.0 Å². The van der Waals surface area contributed by atoms with Crippen LogP contribution in [0.15, 0.2) is 35.3 Å². The molecular weight excluding hydrogens is 519 g/mol. The van der Waals surface area contributed by atoms with Crippen LogP contribution < -0.4 is 15.4 Å². The van der Waals surface area contributed by atoms with Gasteiger partial charge in [-0.25, -0.2) is 13.1 Å². The molecule has 0 saturated carbocycles. The van der Waals surface area contributed by atoms with Gasteiger partial charge in [0.2, 0.25) is 10.0 Å². The minimum absolute atomic E-state index is 0. The van der Waals surface area contributed by atoms with Crippen LogP contribution in [-0.4, -0.2) is 66.7 Å². The van der Waals surface area contributed by atoms with Crippen molar-refractivity contribution in [1.82, 2.24) is 15.4 Å². The minimum Gasteiger partial charge on any atom is -0.381 e. The summed E-state index contributed by atoms with van der Waals surface area (Å²) in [7, 11) is -1.69. The van der Waals surface area contributed by atoms with E-state index < -0.39 is 10.0 Å². The van der Waals surface area contributed by atoms with E-state index in [0.717, 1.165) is 44.6 Å². The SMILES string of the molecule is CN=C(NCCCOCC1CCOCC1)NCCS(=O)(=O)NCc1ccccc1.I. The number of nitrogens with zero attached hydrogens (tertiary/aromatic N) is 1. The molecule has 1 fully saturated rings. The average molecular weight is 554 g/mol. The van der Waals surface area contributed by atoms with Crippen LogP contribution in [0.1, 0.15) is 24.8 Å². The van der Waals surface area contributed by atoms with Crippen LogP contribution in [0.3, 0.4) is 0 Å². The molecule has 0 bridgehead atoms. The number of benzene rings is 1. The molecule has 172 valence electrons. The third-order valence-corrected chi connectivity index (χ3v) is 6.00. The Morgan fingerprint density at radius 2 is 1.87 bits per heavy atom. The second-order valence-corrected chi connectivity index (χ2v) is 8.96. The van der Waals surface area contributed by atoms with Crippen molar-refractivity contribution in [2.45, 2.75) is 25.8 Å². The zero-order valence-corrected chi connectivity index (χ0v) is 20.8. The Hall–Kier alpha value is -0.950. The van der Waals surface area contributed by atoms with E-state index in [2.05, 4.69) is 20.3 Å². The monoisotopic (exact) mass is 554 g/mol. The van der Waals surface area contributed by atoms with Gasteiger partial charge in [-0.2, -0.15) is 0 Å². The summed E-state index contributed by atoms with van der Waals surface area (Å²) in [6, 6.07) is 9.45. The van der Waals surface area contributed by atoms with Crippen LogP contribution in [0.25, 0.3) is 0 Å². The van der Waals surface area contributed by atoms with E-state index in [-0.39, 0.29) is 36.3 Å². The van der Waals surface area contributed by atoms with E-state index in [1.165, 1.54) is 0 Å². The normalized spacial score (nSPS) is 15.4. The molecule has 1 aromatic rings.